The van der Waals surface area contributed by atoms with Crippen LogP contribution in [0.4, 0.5) is 8.78 Å². The molecular formula is C13H16ClF2NO. The molecule has 2 nitrogen and oxygen atoms in total. The van der Waals surface area contributed by atoms with Crippen molar-refractivity contribution < 1.29 is 13.5 Å². The van der Waals surface area contributed by atoms with Crippen LogP contribution < -0.4 is 5.73 Å². The van der Waals surface area contributed by atoms with E-state index in [0.29, 0.717) is 12.1 Å². The summed E-state index contributed by atoms with van der Waals surface area (Å²) in [7, 11) is 1.41. The van der Waals surface area contributed by atoms with Gasteiger partial charge in [0, 0.05) is 29.7 Å². The number of nitrogens with two attached hydrogens (primary N) is 1. The summed E-state index contributed by atoms with van der Waals surface area (Å²) >= 11 is 6.00. The molecule has 1 fully saturated rings. The summed E-state index contributed by atoms with van der Waals surface area (Å²) in [6.07, 6.45) is 2.54. The van der Waals surface area contributed by atoms with Crippen LogP contribution in [0.25, 0.3) is 0 Å². The van der Waals surface area contributed by atoms with Crippen LogP contribution in [0.2, 0.25) is 5.02 Å². The third-order valence-corrected chi connectivity index (χ3v) is 4.15. The van der Waals surface area contributed by atoms with Crippen molar-refractivity contribution in [2.24, 2.45) is 5.73 Å². The summed E-state index contributed by atoms with van der Waals surface area (Å²) in [5.74, 6) is -1.75. The Balaban J connectivity index is 2.51. The zero-order valence-electron chi connectivity index (χ0n) is 10.2. The van der Waals surface area contributed by atoms with Gasteiger partial charge in [0.25, 0.3) is 0 Å². The fraction of sp³-hybridized carbons (Fsp3) is 0.538. The van der Waals surface area contributed by atoms with Gasteiger partial charge in [-0.3, -0.25) is 0 Å². The molecule has 5 heteroatoms. The van der Waals surface area contributed by atoms with Gasteiger partial charge in [-0.25, -0.2) is 8.78 Å². The lowest BCUT2D eigenvalue weighted by molar-refractivity contribution is 0.179. The molecule has 0 aromatic heterocycles. The molecule has 18 heavy (non-hydrogen) atoms. The minimum Gasteiger partial charge on any atom is -0.380 e. The Bertz CT molecular complexity index is 455. The number of methoxy groups -OCH3 is 1. The van der Waals surface area contributed by atoms with Crippen LogP contribution in [0, 0.1) is 11.6 Å². The Morgan fingerprint density at radius 3 is 2.50 bits per heavy atom. The molecule has 2 rings (SSSR count). The molecule has 100 valence electrons. The first-order valence-electron chi connectivity index (χ1n) is 5.91. The summed E-state index contributed by atoms with van der Waals surface area (Å²) in [5, 5.41) is 0.200. The van der Waals surface area contributed by atoms with Gasteiger partial charge in [-0.2, -0.15) is 0 Å². The Kier molecular flexibility index (Phi) is 3.90. The smallest absolute Gasteiger partial charge is 0.166 e. The highest BCUT2D eigenvalue weighted by Crippen LogP contribution is 2.45. The van der Waals surface area contributed by atoms with Crippen molar-refractivity contribution in [1.29, 1.82) is 0 Å². The van der Waals surface area contributed by atoms with Gasteiger partial charge < -0.3 is 10.5 Å². The molecule has 2 N–H and O–H groups in total. The van der Waals surface area contributed by atoms with E-state index >= 15 is 0 Å². The van der Waals surface area contributed by atoms with Crippen molar-refractivity contribution in [2.75, 3.05) is 13.7 Å². The van der Waals surface area contributed by atoms with Gasteiger partial charge in [0.05, 0.1) is 6.61 Å². The molecular weight excluding hydrogens is 260 g/mol. The van der Waals surface area contributed by atoms with E-state index in [0.717, 1.165) is 19.3 Å². The van der Waals surface area contributed by atoms with Crippen molar-refractivity contribution in [1.82, 2.24) is 0 Å². The van der Waals surface area contributed by atoms with Gasteiger partial charge in [0.15, 0.2) is 11.6 Å². The van der Waals surface area contributed by atoms with Crippen LogP contribution in [0.15, 0.2) is 6.07 Å². The summed E-state index contributed by atoms with van der Waals surface area (Å²) < 4.78 is 32.9. The third kappa shape index (κ3) is 2.02. The second-order valence-corrected chi connectivity index (χ2v) is 5.19. The van der Waals surface area contributed by atoms with Crippen molar-refractivity contribution in [3.8, 4) is 0 Å². The van der Waals surface area contributed by atoms with Crippen molar-refractivity contribution >= 4 is 11.6 Å². The number of benzene rings is 1. The molecule has 0 radical (unpaired) electrons. The number of hydrogen-bond donors (Lipinski definition) is 1. The van der Waals surface area contributed by atoms with Gasteiger partial charge in [0.1, 0.15) is 0 Å². The van der Waals surface area contributed by atoms with E-state index in [4.69, 9.17) is 22.1 Å². The highest BCUT2D eigenvalue weighted by Gasteiger charge is 2.40. The first-order chi connectivity index (χ1) is 8.55. The Hall–Kier alpha value is -0.710. The summed E-state index contributed by atoms with van der Waals surface area (Å²) in [6, 6.07) is 1.50. The Labute approximate surface area is 110 Å². The van der Waals surface area contributed by atoms with E-state index in [-0.39, 0.29) is 17.2 Å². The summed E-state index contributed by atoms with van der Waals surface area (Å²) in [4.78, 5) is 0. The van der Waals surface area contributed by atoms with Gasteiger partial charge in [0.2, 0.25) is 0 Å². The average Bonchev–Trinajstić information content (AvgIpc) is 2.30. The third-order valence-electron chi connectivity index (χ3n) is 3.81. The highest BCUT2D eigenvalue weighted by molar-refractivity contribution is 6.31. The molecule has 1 aromatic carbocycles. The molecule has 0 spiro atoms. The molecule has 1 aliphatic rings. The molecule has 0 heterocycles. The zero-order valence-corrected chi connectivity index (χ0v) is 11.0. The molecule has 0 saturated heterocycles. The maximum Gasteiger partial charge on any atom is 0.166 e. The van der Waals surface area contributed by atoms with Crippen LogP contribution in [0.1, 0.15) is 30.4 Å². The minimum atomic E-state index is -0.918. The van der Waals surface area contributed by atoms with E-state index in [1.165, 1.54) is 13.2 Å². The van der Waals surface area contributed by atoms with E-state index < -0.39 is 17.0 Å². The average molecular weight is 276 g/mol. The van der Waals surface area contributed by atoms with Gasteiger partial charge >= 0.3 is 0 Å². The predicted molar refractivity (Wildman–Crippen MR) is 66.7 cm³/mol. The number of ether oxygens (including phenoxy) is 1. The number of rotatable bonds is 4. The first kappa shape index (κ1) is 13.7. The van der Waals surface area contributed by atoms with Crippen LogP contribution in [0.3, 0.4) is 0 Å². The normalized spacial score (nSPS) is 17.6. The SMILES string of the molecule is COCc1c(Cl)cc(C2(CN)CCC2)c(F)c1F. The molecule has 0 unspecified atom stereocenters. The lowest BCUT2D eigenvalue weighted by Crippen LogP contribution is -2.42. The molecule has 1 saturated carbocycles. The van der Waals surface area contributed by atoms with Gasteiger partial charge in [-0.15, -0.1) is 0 Å². The largest absolute Gasteiger partial charge is 0.380 e. The molecule has 0 atom stereocenters. The summed E-state index contributed by atoms with van der Waals surface area (Å²) in [5.41, 5.74) is 5.63. The Morgan fingerprint density at radius 2 is 2.06 bits per heavy atom. The minimum absolute atomic E-state index is 0.0442. The lowest BCUT2D eigenvalue weighted by Gasteiger charge is -2.41. The van der Waals surface area contributed by atoms with Crippen molar-refractivity contribution in [3.05, 3.63) is 33.9 Å². The second-order valence-electron chi connectivity index (χ2n) is 4.78. The topological polar surface area (TPSA) is 35.2 Å². The van der Waals surface area contributed by atoms with Crippen LogP contribution >= 0.6 is 11.6 Å². The maximum absolute atomic E-state index is 14.1. The molecule has 0 aliphatic heterocycles. The zero-order chi connectivity index (χ0) is 13.3. The Morgan fingerprint density at radius 1 is 1.39 bits per heavy atom. The predicted octanol–water partition coefficient (Wildman–Crippen LogP) is 3.15. The van der Waals surface area contributed by atoms with Crippen LogP contribution in [0.5, 0.6) is 0 Å². The van der Waals surface area contributed by atoms with Gasteiger partial charge in [-0.1, -0.05) is 18.0 Å². The monoisotopic (exact) mass is 275 g/mol. The molecule has 1 aliphatic carbocycles. The standard InChI is InChI=1S/C13H16ClF2NO/c1-18-6-8-10(14)5-9(12(16)11(8)15)13(7-17)3-2-4-13/h5H,2-4,6-7,17H2,1H3. The fourth-order valence-electron chi connectivity index (χ4n) is 2.48. The van der Waals surface area contributed by atoms with Crippen LogP contribution in [-0.4, -0.2) is 13.7 Å². The molecule has 1 aromatic rings. The van der Waals surface area contributed by atoms with Crippen molar-refractivity contribution in [3.63, 3.8) is 0 Å². The van der Waals surface area contributed by atoms with E-state index in [9.17, 15) is 8.78 Å². The number of hydrogen-bond acceptors (Lipinski definition) is 2. The van der Waals surface area contributed by atoms with E-state index in [1.807, 2.05) is 0 Å². The lowest BCUT2D eigenvalue weighted by atomic mass is 9.64. The number of halogens is 3. The first-order valence-corrected chi connectivity index (χ1v) is 6.29. The summed E-state index contributed by atoms with van der Waals surface area (Å²) in [6.45, 7) is 0.265. The molecule has 0 bridgehead atoms. The van der Waals surface area contributed by atoms with E-state index in [1.54, 1.807) is 0 Å². The van der Waals surface area contributed by atoms with Gasteiger partial charge in [-0.05, 0) is 24.5 Å². The fourth-order valence-corrected chi connectivity index (χ4v) is 2.73. The molecule has 0 amide bonds. The quantitative estimate of drug-likeness (QED) is 0.857. The second kappa shape index (κ2) is 5.11. The van der Waals surface area contributed by atoms with E-state index in [2.05, 4.69) is 0 Å². The maximum atomic E-state index is 14.1. The highest BCUT2D eigenvalue weighted by atomic mass is 35.5. The van der Waals surface area contributed by atoms with Crippen LogP contribution in [-0.2, 0) is 16.8 Å². The van der Waals surface area contributed by atoms with Crippen molar-refractivity contribution in [2.45, 2.75) is 31.3 Å².